The third-order valence-corrected chi connectivity index (χ3v) is 3.67. The molecular weight excluding hydrogens is 371 g/mol. The van der Waals surface area contributed by atoms with Gasteiger partial charge in [-0.3, -0.25) is 4.79 Å². The average molecular weight is 388 g/mol. The number of anilines is 1. The number of rotatable bonds is 7. The first-order valence-electron chi connectivity index (χ1n) is 7.80. The first-order chi connectivity index (χ1) is 12.3. The zero-order valence-electron chi connectivity index (χ0n) is 13.9. The van der Waals surface area contributed by atoms with Crippen LogP contribution in [0.15, 0.2) is 42.5 Å². The second kappa shape index (κ2) is 8.91. The number of hydrogen-bond acceptors (Lipinski definition) is 3. The van der Waals surface area contributed by atoms with Gasteiger partial charge in [0.05, 0.1) is 22.9 Å². The number of carbonyl (C=O) groups excluding carboxylic acids is 1. The Kier molecular flexibility index (Phi) is 6.88. The van der Waals surface area contributed by atoms with Crippen molar-refractivity contribution in [3.8, 4) is 5.75 Å². The van der Waals surface area contributed by atoms with Gasteiger partial charge in [0.1, 0.15) is 12.4 Å². The Hall–Kier alpha value is -2.25. The molecule has 1 N–H and O–H groups in total. The lowest BCUT2D eigenvalue weighted by molar-refractivity contribution is -0.137. The molecule has 0 heterocycles. The summed E-state index contributed by atoms with van der Waals surface area (Å²) in [7, 11) is 0. The molecule has 0 fully saturated rings. The van der Waals surface area contributed by atoms with Crippen LogP contribution in [0.25, 0.3) is 0 Å². The first-order valence-corrected chi connectivity index (χ1v) is 8.17. The molecule has 0 atom stereocenters. The van der Waals surface area contributed by atoms with Crippen LogP contribution in [0.5, 0.6) is 5.75 Å². The number of hydrogen-bond donors (Lipinski definition) is 1. The van der Waals surface area contributed by atoms with Crippen molar-refractivity contribution in [2.75, 3.05) is 25.1 Å². The van der Waals surface area contributed by atoms with Crippen LogP contribution in [0.4, 0.5) is 18.9 Å². The Balaban J connectivity index is 2.10. The Morgan fingerprint density at radius 2 is 1.92 bits per heavy atom. The lowest BCUT2D eigenvalue weighted by Crippen LogP contribution is -2.14. The van der Waals surface area contributed by atoms with Crippen LogP contribution in [0.1, 0.15) is 22.8 Å². The summed E-state index contributed by atoms with van der Waals surface area (Å²) in [5.41, 5.74) is -0.785. The van der Waals surface area contributed by atoms with Crippen molar-refractivity contribution < 1.29 is 27.4 Å². The van der Waals surface area contributed by atoms with E-state index in [1.165, 1.54) is 12.1 Å². The first kappa shape index (κ1) is 20.1. The maximum atomic E-state index is 12.8. The third kappa shape index (κ3) is 5.64. The van der Waals surface area contributed by atoms with Crippen molar-refractivity contribution in [3.63, 3.8) is 0 Å². The fourth-order valence-electron chi connectivity index (χ4n) is 2.08. The number of ether oxygens (including phenoxy) is 2. The van der Waals surface area contributed by atoms with E-state index in [-0.39, 0.29) is 16.3 Å². The van der Waals surface area contributed by atoms with E-state index in [9.17, 15) is 18.0 Å². The van der Waals surface area contributed by atoms with Crippen molar-refractivity contribution in [1.29, 1.82) is 0 Å². The monoisotopic (exact) mass is 387 g/mol. The van der Waals surface area contributed by atoms with E-state index in [1.807, 2.05) is 6.92 Å². The van der Waals surface area contributed by atoms with Crippen LogP contribution in [0.2, 0.25) is 5.02 Å². The van der Waals surface area contributed by atoms with E-state index in [2.05, 4.69) is 5.32 Å². The molecule has 0 radical (unpaired) electrons. The summed E-state index contributed by atoms with van der Waals surface area (Å²) in [5.74, 6) is -0.144. The number of alkyl halides is 3. The Bertz CT molecular complexity index is 766. The molecule has 8 heteroatoms. The summed E-state index contributed by atoms with van der Waals surface area (Å²) in [6.07, 6.45) is -4.53. The molecule has 2 aromatic carbocycles. The Morgan fingerprint density at radius 3 is 2.62 bits per heavy atom. The highest BCUT2D eigenvalue weighted by atomic mass is 35.5. The van der Waals surface area contributed by atoms with Gasteiger partial charge in [0.25, 0.3) is 5.91 Å². The Morgan fingerprint density at radius 1 is 1.15 bits per heavy atom. The van der Waals surface area contributed by atoms with Gasteiger partial charge in [-0.2, -0.15) is 13.2 Å². The molecule has 0 aliphatic rings. The summed E-state index contributed by atoms with van der Waals surface area (Å²) in [6.45, 7) is 3.17. The second-order valence-electron chi connectivity index (χ2n) is 5.22. The topological polar surface area (TPSA) is 47.6 Å². The summed E-state index contributed by atoms with van der Waals surface area (Å²) >= 11 is 5.89. The van der Waals surface area contributed by atoms with Crippen LogP contribution in [-0.4, -0.2) is 25.7 Å². The minimum absolute atomic E-state index is 0.00969. The van der Waals surface area contributed by atoms with Crippen molar-refractivity contribution >= 4 is 23.2 Å². The molecular formula is C18H17ClF3NO3. The normalized spacial score (nSPS) is 11.3. The van der Waals surface area contributed by atoms with Crippen LogP contribution in [0.3, 0.4) is 0 Å². The number of nitrogens with one attached hydrogen (secondary N) is 1. The van der Waals surface area contributed by atoms with Gasteiger partial charge in [0, 0.05) is 12.2 Å². The number of halogens is 4. The summed E-state index contributed by atoms with van der Waals surface area (Å²) in [4.78, 5) is 12.3. The summed E-state index contributed by atoms with van der Waals surface area (Å²) < 4.78 is 49.0. The van der Waals surface area contributed by atoms with E-state index >= 15 is 0 Å². The maximum absolute atomic E-state index is 12.8. The van der Waals surface area contributed by atoms with E-state index < -0.39 is 17.6 Å². The molecule has 0 saturated heterocycles. The second-order valence-corrected chi connectivity index (χ2v) is 5.63. The van der Waals surface area contributed by atoms with Gasteiger partial charge in [-0.25, -0.2) is 0 Å². The molecule has 1 amide bonds. The van der Waals surface area contributed by atoms with Gasteiger partial charge in [0.2, 0.25) is 0 Å². The van der Waals surface area contributed by atoms with E-state index in [0.29, 0.717) is 25.6 Å². The quantitative estimate of drug-likeness (QED) is 0.678. The summed E-state index contributed by atoms with van der Waals surface area (Å²) in [5, 5.41) is 2.40. The molecule has 0 unspecified atom stereocenters. The zero-order chi connectivity index (χ0) is 19.2. The standard InChI is InChI=1S/C18H17ClF3NO3/c1-2-25-8-9-26-14-5-3-4-12(10-14)17(24)23-16-11-13(18(20,21)22)6-7-15(16)19/h3-7,10-11H,2,8-9H2,1H3,(H,23,24). The fraction of sp³-hybridized carbons (Fsp3) is 0.278. The number of carbonyl (C=O) groups is 1. The SMILES string of the molecule is CCOCCOc1cccc(C(=O)Nc2cc(C(F)(F)F)ccc2Cl)c1. The Labute approximate surface area is 153 Å². The van der Waals surface area contributed by atoms with Gasteiger partial charge < -0.3 is 14.8 Å². The van der Waals surface area contributed by atoms with E-state index in [1.54, 1.807) is 12.1 Å². The molecule has 26 heavy (non-hydrogen) atoms. The third-order valence-electron chi connectivity index (χ3n) is 3.34. The van der Waals surface area contributed by atoms with Gasteiger partial charge >= 0.3 is 6.18 Å². The van der Waals surface area contributed by atoms with E-state index in [4.69, 9.17) is 21.1 Å². The molecule has 2 rings (SSSR count). The lowest BCUT2D eigenvalue weighted by Gasteiger charge is -2.12. The maximum Gasteiger partial charge on any atom is 0.416 e. The highest BCUT2D eigenvalue weighted by molar-refractivity contribution is 6.34. The molecule has 4 nitrogen and oxygen atoms in total. The molecule has 0 aromatic heterocycles. The number of amides is 1. The molecule has 0 aliphatic carbocycles. The van der Waals surface area contributed by atoms with Crippen molar-refractivity contribution in [2.24, 2.45) is 0 Å². The van der Waals surface area contributed by atoms with Gasteiger partial charge in [-0.05, 0) is 43.3 Å². The van der Waals surface area contributed by atoms with Crippen LogP contribution < -0.4 is 10.1 Å². The minimum Gasteiger partial charge on any atom is -0.491 e. The summed E-state index contributed by atoms with van der Waals surface area (Å²) in [6, 6.07) is 9.02. The van der Waals surface area contributed by atoms with Gasteiger partial charge in [0.15, 0.2) is 0 Å². The molecule has 0 bridgehead atoms. The highest BCUT2D eigenvalue weighted by Crippen LogP contribution is 2.34. The van der Waals surface area contributed by atoms with Crippen molar-refractivity contribution in [2.45, 2.75) is 13.1 Å². The highest BCUT2D eigenvalue weighted by Gasteiger charge is 2.31. The fourth-order valence-corrected chi connectivity index (χ4v) is 2.25. The largest absolute Gasteiger partial charge is 0.491 e. The van der Waals surface area contributed by atoms with Gasteiger partial charge in [-0.1, -0.05) is 17.7 Å². The molecule has 0 aliphatic heterocycles. The van der Waals surface area contributed by atoms with Crippen LogP contribution in [-0.2, 0) is 10.9 Å². The molecule has 2 aromatic rings. The van der Waals surface area contributed by atoms with Crippen molar-refractivity contribution in [1.82, 2.24) is 0 Å². The predicted molar refractivity (Wildman–Crippen MR) is 92.8 cm³/mol. The molecule has 140 valence electrons. The molecule has 0 saturated carbocycles. The van der Waals surface area contributed by atoms with E-state index in [0.717, 1.165) is 18.2 Å². The van der Waals surface area contributed by atoms with Crippen LogP contribution in [0, 0.1) is 0 Å². The van der Waals surface area contributed by atoms with Gasteiger partial charge in [-0.15, -0.1) is 0 Å². The van der Waals surface area contributed by atoms with Crippen molar-refractivity contribution in [3.05, 3.63) is 58.6 Å². The van der Waals surface area contributed by atoms with Crippen LogP contribution >= 0.6 is 11.6 Å². The average Bonchev–Trinajstić information content (AvgIpc) is 2.60. The predicted octanol–water partition coefficient (Wildman–Crippen LogP) is 5.03. The molecule has 0 spiro atoms. The minimum atomic E-state index is -4.53. The zero-order valence-corrected chi connectivity index (χ0v) is 14.7. The smallest absolute Gasteiger partial charge is 0.416 e. The lowest BCUT2D eigenvalue weighted by atomic mass is 10.1. The number of benzene rings is 2.